The highest BCUT2D eigenvalue weighted by Crippen LogP contribution is 2.24. The van der Waals surface area contributed by atoms with Gasteiger partial charge in [0.15, 0.2) is 0 Å². The number of hydrogen-bond acceptors (Lipinski definition) is 3. The van der Waals surface area contributed by atoms with Crippen LogP contribution in [-0.2, 0) is 4.79 Å². The predicted octanol–water partition coefficient (Wildman–Crippen LogP) is 3.41. The normalized spacial score (nSPS) is 17.9. The van der Waals surface area contributed by atoms with Crippen molar-refractivity contribution < 1.29 is 9.18 Å². The van der Waals surface area contributed by atoms with Crippen LogP contribution in [0, 0.1) is 12.7 Å². The molecule has 4 N–H and O–H groups in total. The highest BCUT2D eigenvalue weighted by atomic mass is 19.1. The van der Waals surface area contributed by atoms with Crippen molar-refractivity contribution in [2.45, 2.75) is 45.2 Å². The Bertz CT molecular complexity index is 923. The molecule has 2 heterocycles. The van der Waals surface area contributed by atoms with Crippen LogP contribution in [0.2, 0.25) is 0 Å². The van der Waals surface area contributed by atoms with E-state index in [-0.39, 0.29) is 17.8 Å². The minimum Gasteiger partial charge on any atom is -0.365 e. The number of H-pyrrole nitrogens is 1. The minimum atomic E-state index is -0.941. The van der Waals surface area contributed by atoms with Gasteiger partial charge in [0.25, 0.3) is 0 Å². The van der Waals surface area contributed by atoms with E-state index < -0.39 is 5.54 Å². The van der Waals surface area contributed by atoms with Gasteiger partial charge in [-0.1, -0.05) is 18.2 Å². The zero-order valence-corrected chi connectivity index (χ0v) is 17.8. The molecule has 0 saturated carbocycles. The molecule has 160 valence electrons. The molecule has 0 bridgehead atoms. The first-order chi connectivity index (χ1) is 14.3. The van der Waals surface area contributed by atoms with Crippen LogP contribution in [0.1, 0.15) is 49.6 Å². The Labute approximate surface area is 177 Å². The average Bonchev–Trinajstić information content (AvgIpc) is 3.15. The molecule has 6 nitrogen and oxygen atoms in total. The first-order valence-electron chi connectivity index (χ1n) is 10.3. The van der Waals surface area contributed by atoms with E-state index in [9.17, 15) is 9.18 Å². The van der Waals surface area contributed by atoms with E-state index in [0.717, 1.165) is 22.7 Å². The Kier molecular flexibility index (Phi) is 6.72. The van der Waals surface area contributed by atoms with Crippen molar-refractivity contribution in [3.8, 4) is 0 Å². The third kappa shape index (κ3) is 4.79. The minimum absolute atomic E-state index is 0.177. The fraction of sp³-hybridized carbons (Fsp3) is 0.391. The van der Waals surface area contributed by atoms with Crippen molar-refractivity contribution >= 4 is 11.7 Å². The molecule has 1 unspecified atom stereocenters. The molecule has 0 radical (unpaired) electrons. The van der Waals surface area contributed by atoms with Gasteiger partial charge in [-0.2, -0.15) is 0 Å². The van der Waals surface area contributed by atoms with Gasteiger partial charge in [-0.05, 0) is 57.4 Å². The van der Waals surface area contributed by atoms with Crippen LogP contribution in [0.25, 0.3) is 0 Å². The monoisotopic (exact) mass is 411 g/mol. The lowest BCUT2D eigenvalue weighted by Crippen LogP contribution is -2.60. The number of benzene rings is 1. The number of amidine groups is 1. The highest BCUT2D eigenvalue weighted by molar-refractivity contribution is 6.00. The Morgan fingerprint density at radius 3 is 2.53 bits per heavy atom. The van der Waals surface area contributed by atoms with Gasteiger partial charge in [-0.15, -0.1) is 0 Å². The molecule has 1 amide bonds. The van der Waals surface area contributed by atoms with Crippen molar-refractivity contribution in [3.63, 3.8) is 0 Å². The number of nitrogens with two attached hydrogens (primary N) is 1. The summed E-state index contributed by atoms with van der Waals surface area (Å²) in [7, 11) is 0. The van der Waals surface area contributed by atoms with Gasteiger partial charge >= 0.3 is 0 Å². The topological polar surface area (TPSA) is 86.5 Å². The lowest BCUT2D eigenvalue weighted by Gasteiger charge is -2.40. The molecular formula is C23H30FN5O. The van der Waals surface area contributed by atoms with E-state index in [1.807, 2.05) is 39.1 Å². The Morgan fingerprint density at radius 1 is 1.30 bits per heavy atom. The fourth-order valence-corrected chi connectivity index (χ4v) is 3.68. The second-order valence-electron chi connectivity index (χ2n) is 7.84. The SMILES string of the molecule is CC=CN=C(c1cc[nH]c1C)N1CCC(N)(C(=O)NC(C)c2ccc(F)cc2)CC1. The number of allylic oxidation sites excluding steroid dienone is 1. The predicted molar refractivity (Wildman–Crippen MR) is 118 cm³/mol. The van der Waals surface area contributed by atoms with Crippen molar-refractivity contribution in [1.82, 2.24) is 15.2 Å². The van der Waals surface area contributed by atoms with Crippen LogP contribution in [0.5, 0.6) is 0 Å². The Hall–Kier alpha value is -2.93. The number of carbonyl (C=O) groups is 1. The Morgan fingerprint density at radius 2 is 1.97 bits per heavy atom. The van der Waals surface area contributed by atoms with Gasteiger partial charge in [0.1, 0.15) is 11.7 Å². The molecule has 1 aromatic heterocycles. The van der Waals surface area contributed by atoms with Crippen molar-refractivity contribution in [2.75, 3.05) is 13.1 Å². The van der Waals surface area contributed by atoms with E-state index in [2.05, 4.69) is 20.2 Å². The van der Waals surface area contributed by atoms with Gasteiger partial charge in [0.2, 0.25) is 5.91 Å². The summed E-state index contributed by atoms with van der Waals surface area (Å²) in [5, 5.41) is 2.99. The summed E-state index contributed by atoms with van der Waals surface area (Å²) < 4.78 is 13.1. The number of rotatable bonds is 5. The third-order valence-corrected chi connectivity index (χ3v) is 5.67. The summed E-state index contributed by atoms with van der Waals surface area (Å²) in [6.45, 7) is 7.09. The molecular weight excluding hydrogens is 381 g/mol. The Balaban J connectivity index is 1.67. The lowest BCUT2D eigenvalue weighted by atomic mass is 9.87. The number of likely N-dealkylation sites (tertiary alicyclic amines) is 1. The summed E-state index contributed by atoms with van der Waals surface area (Å²) in [6.07, 6.45) is 6.62. The number of aromatic nitrogens is 1. The second kappa shape index (κ2) is 9.26. The molecule has 1 aliphatic rings. The molecule has 3 rings (SSSR count). The van der Waals surface area contributed by atoms with Crippen LogP contribution in [0.3, 0.4) is 0 Å². The van der Waals surface area contributed by atoms with Crippen LogP contribution in [0.4, 0.5) is 4.39 Å². The van der Waals surface area contributed by atoms with Crippen LogP contribution < -0.4 is 11.1 Å². The van der Waals surface area contributed by atoms with E-state index in [0.29, 0.717) is 25.9 Å². The maximum atomic E-state index is 13.1. The van der Waals surface area contributed by atoms with Crippen LogP contribution in [-0.4, -0.2) is 40.3 Å². The molecule has 7 heteroatoms. The van der Waals surface area contributed by atoms with Crippen LogP contribution in [0.15, 0.2) is 53.8 Å². The van der Waals surface area contributed by atoms with E-state index in [4.69, 9.17) is 5.73 Å². The number of halogens is 1. The molecule has 1 saturated heterocycles. The molecule has 0 aliphatic carbocycles. The largest absolute Gasteiger partial charge is 0.365 e. The summed E-state index contributed by atoms with van der Waals surface area (Å²) >= 11 is 0. The number of piperidine rings is 1. The van der Waals surface area contributed by atoms with Gasteiger partial charge in [-0.25, -0.2) is 9.38 Å². The van der Waals surface area contributed by atoms with Crippen molar-refractivity contribution in [1.29, 1.82) is 0 Å². The first kappa shape index (κ1) is 21.8. The zero-order valence-electron chi connectivity index (χ0n) is 17.8. The quantitative estimate of drug-likeness (QED) is 0.521. The summed E-state index contributed by atoms with van der Waals surface area (Å²) in [5.74, 6) is 0.408. The standard InChI is InChI=1S/C23H30FN5O/c1-4-12-27-21(20-9-13-26-17(20)3)29-14-10-23(25,11-15-29)22(30)28-16(2)18-5-7-19(24)8-6-18/h4-9,12-13,16,26H,10-11,14-15,25H2,1-3H3,(H,28,30). The number of aliphatic imine (C=N–C) groups is 1. The summed E-state index contributed by atoms with van der Waals surface area (Å²) in [4.78, 5) is 22.9. The molecule has 1 aliphatic heterocycles. The second-order valence-corrected chi connectivity index (χ2v) is 7.84. The summed E-state index contributed by atoms with van der Waals surface area (Å²) in [6, 6.07) is 7.90. The first-order valence-corrected chi connectivity index (χ1v) is 10.3. The number of carbonyl (C=O) groups excluding carboxylic acids is 1. The number of aryl methyl sites for hydroxylation is 1. The summed E-state index contributed by atoms with van der Waals surface area (Å²) in [5.41, 5.74) is 8.50. The van der Waals surface area contributed by atoms with E-state index in [1.165, 1.54) is 12.1 Å². The number of nitrogens with zero attached hydrogens (tertiary/aromatic N) is 2. The molecule has 0 spiro atoms. The zero-order chi connectivity index (χ0) is 21.7. The van der Waals surface area contributed by atoms with Crippen molar-refractivity contribution in [3.05, 3.63) is 71.4 Å². The maximum Gasteiger partial charge on any atom is 0.240 e. The van der Waals surface area contributed by atoms with Gasteiger partial charge < -0.3 is 20.9 Å². The van der Waals surface area contributed by atoms with Crippen molar-refractivity contribution in [2.24, 2.45) is 10.7 Å². The van der Waals surface area contributed by atoms with E-state index in [1.54, 1.807) is 18.3 Å². The lowest BCUT2D eigenvalue weighted by molar-refractivity contribution is -0.128. The third-order valence-electron chi connectivity index (χ3n) is 5.67. The molecule has 1 aromatic carbocycles. The molecule has 2 aromatic rings. The number of amides is 1. The molecule has 1 fully saturated rings. The van der Waals surface area contributed by atoms with Gasteiger partial charge in [-0.3, -0.25) is 4.79 Å². The molecule has 30 heavy (non-hydrogen) atoms. The number of hydrogen-bond donors (Lipinski definition) is 3. The van der Waals surface area contributed by atoms with E-state index >= 15 is 0 Å². The van der Waals surface area contributed by atoms with Gasteiger partial charge in [0.05, 0.1) is 11.6 Å². The van der Waals surface area contributed by atoms with Gasteiger partial charge in [0, 0.05) is 36.7 Å². The number of nitrogens with one attached hydrogen (secondary N) is 2. The highest BCUT2D eigenvalue weighted by Gasteiger charge is 2.39. The molecule has 1 atom stereocenters. The maximum absolute atomic E-state index is 13.1. The smallest absolute Gasteiger partial charge is 0.240 e. The fourth-order valence-electron chi connectivity index (χ4n) is 3.68. The average molecular weight is 412 g/mol. The number of aromatic amines is 1. The van der Waals surface area contributed by atoms with Crippen LogP contribution >= 0.6 is 0 Å².